The van der Waals surface area contributed by atoms with Crippen LogP contribution in [0.4, 0.5) is 0 Å². The Bertz CT molecular complexity index is 576. The number of nitrogens with one attached hydrogen (secondary N) is 1. The molecule has 0 aliphatic rings. The van der Waals surface area contributed by atoms with E-state index in [4.69, 9.17) is 9.52 Å². The fraction of sp³-hybridized carbons (Fsp3) is 0.364. The zero-order valence-corrected chi connectivity index (χ0v) is 9.96. The topological polar surface area (TPSA) is 93.2 Å². The first kappa shape index (κ1) is 12.3. The van der Waals surface area contributed by atoms with Gasteiger partial charge in [0.1, 0.15) is 18.6 Å². The van der Waals surface area contributed by atoms with Crippen LogP contribution in [-0.2, 0) is 13.1 Å². The molecule has 0 spiro atoms. The Labute approximate surface area is 103 Å². The number of hydrogen-bond donors (Lipinski definition) is 2. The van der Waals surface area contributed by atoms with Crippen LogP contribution in [0.3, 0.4) is 0 Å². The van der Waals surface area contributed by atoms with Crippen molar-refractivity contribution in [3.63, 3.8) is 0 Å². The first-order valence-corrected chi connectivity index (χ1v) is 5.59. The van der Waals surface area contributed by atoms with E-state index in [1.54, 1.807) is 10.9 Å². The first-order valence-electron chi connectivity index (χ1n) is 5.59. The second-order valence-electron chi connectivity index (χ2n) is 3.78. The average molecular weight is 250 g/mol. The van der Waals surface area contributed by atoms with Crippen molar-refractivity contribution in [2.75, 3.05) is 6.54 Å². The third-order valence-corrected chi connectivity index (χ3v) is 2.33. The summed E-state index contributed by atoms with van der Waals surface area (Å²) in [5, 5.41) is 20.1. The third-order valence-electron chi connectivity index (χ3n) is 2.33. The second-order valence-corrected chi connectivity index (χ2v) is 3.78. The van der Waals surface area contributed by atoms with Gasteiger partial charge in [-0.3, -0.25) is 4.79 Å². The van der Waals surface area contributed by atoms with E-state index in [0.29, 0.717) is 18.8 Å². The Hall–Kier alpha value is -2.15. The molecule has 7 nitrogen and oxygen atoms in total. The van der Waals surface area contributed by atoms with Crippen LogP contribution in [-0.4, -0.2) is 26.6 Å². The molecule has 2 rings (SSSR count). The highest BCUT2D eigenvalue weighted by atomic mass is 16.4. The standard InChI is InChI=1S/C11H14N4O3/c1-2-12-4-8-5-15(14-13-8)6-9-3-10(16)11(17)7-18-9/h3,5,7,12,17H,2,4,6H2,1H3. The summed E-state index contributed by atoms with van der Waals surface area (Å²) in [6.07, 6.45) is 2.80. The molecule has 2 heterocycles. The van der Waals surface area contributed by atoms with Gasteiger partial charge in [0.25, 0.3) is 0 Å². The van der Waals surface area contributed by atoms with E-state index >= 15 is 0 Å². The zero-order valence-electron chi connectivity index (χ0n) is 9.96. The molecule has 2 N–H and O–H groups in total. The largest absolute Gasteiger partial charge is 0.502 e. The molecule has 0 aromatic carbocycles. The predicted octanol–water partition coefficient (Wildman–Crippen LogP) is 0.0947. The van der Waals surface area contributed by atoms with Crippen LogP contribution in [0.15, 0.2) is 27.7 Å². The minimum absolute atomic E-state index is 0.300. The maximum absolute atomic E-state index is 11.2. The van der Waals surface area contributed by atoms with Crippen LogP contribution in [0.2, 0.25) is 0 Å². The highest BCUT2D eigenvalue weighted by Crippen LogP contribution is 2.05. The molecule has 0 unspecified atom stereocenters. The van der Waals surface area contributed by atoms with Crippen LogP contribution in [0.5, 0.6) is 5.75 Å². The van der Waals surface area contributed by atoms with Gasteiger partial charge in [-0.05, 0) is 6.54 Å². The average Bonchev–Trinajstić information content (AvgIpc) is 2.79. The molecule has 0 radical (unpaired) electrons. The van der Waals surface area contributed by atoms with Gasteiger partial charge in [-0.15, -0.1) is 5.10 Å². The summed E-state index contributed by atoms with van der Waals surface area (Å²) in [5.74, 6) is 0.0166. The van der Waals surface area contributed by atoms with Gasteiger partial charge in [-0.1, -0.05) is 12.1 Å². The van der Waals surface area contributed by atoms with Crippen molar-refractivity contribution in [1.82, 2.24) is 20.3 Å². The summed E-state index contributed by atoms with van der Waals surface area (Å²) in [5.41, 5.74) is 0.349. The van der Waals surface area contributed by atoms with Crippen molar-refractivity contribution in [1.29, 1.82) is 0 Å². The molecule has 0 fully saturated rings. The summed E-state index contributed by atoms with van der Waals surface area (Å²) in [6.45, 7) is 3.82. The fourth-order valence-electron chi connectivity index (χ4n) is 1.44. The van der Waals surface area contributed by atoms with E-state index < -0.39 is 11.2 Å². The Balaban J connectivity index is 2.06. The number of aromatic nitrogens is 3. The van der Waals surface area contributed by atoms with E-state index in [1.165, 1.54) is 6.07 Å². The molecule has 0 amide bonds. The number of hydrogen-bond acceptors (Lipinski definition) is 6. The molecule has 96 valence electrons. The lowest BCUT2D eigenvalue weighted by Crippen LogP contribution is -2.11. The Kier molecular flexibility index (Phi) is 3.73. The van der Waals surface area contributed by atoms with E-state index in [0.717, 1.165) is 18.5 Å². The van der Waals surface area contributed by atoms with Gasteiger partial charge >= 0.3 is 0 Å². The SMILES string of the molecule is CCNCc1cn(Cc2cc(=O)c(O)co2)nn1. The van der Waals surface area contributed by atoms with Crippen LogP contribution < -0.4 is 10.7 Å². The van der Waals surface area contributed by atoms with Gasteiger partial charge in [-0.25, -0.2) is 4.68 Å². The maximum atomic E-state index is 11.2. The van der Waals surface area contributed by atoms with Gasteiger partial charge in [0, 0.05) is 12.6 Å². The molecular formula is C11H14N4O3. The molecule has 0 saturated carbocycles. The molecule has 0 atom stereocenters. The Morgan fingerprint density at radius 2 is 2.39 bits per heavy atom. The van der Waals surface area contributed by atoms with Gasteiger partial charge in [0.2, 0.25) is 5.43 Å². The number of nitrogens with zero attached hydrogens (tertiary/aromatic N) is 3. The van der Waals surface area contributed by atoms with Crippen molar-refractivity contribution in [3.8, 4) is 5.75 Å². The summed E-state index contributed by atoms with van der Waals surface area (Å²) < 4.78 is 6.65. The van der Waals surface area contributed by atoms with Crippen molar-refractivity contribution in [3.05, 3.63) is 40.2 Å². The molecule has 0 aliphatic carbocycles. The number of rotatable bonds is 5. The fourth-order valence-corrected chi connectivity index (χ4v) is 1.44. The quantitative estimate of drug-likeness (QED) is 0.781. The predicted molar refractivity (Wildman–Crippen MR) is 63.1 cm³/mol. The van der Waals surface area contributed by atoms with Crippen LogP contribution in [0.1, 0.15) is 18.4 Å². The van der Waals surface area contributed by atoms with Gasteiger partial charge in [-0.2, -0.15) is 0 Å². The molecule has 7 heteroatoms. The van der Waals surface area contributed by atoms with E-state index in [-0.39, 0.29) is 0 Å². The Morgan fingerprint density at radius 1 is 1.56 bits per heavy atom. The number of aromatic hydroxyl groups is 1. The lowest BCUT2D eigenvalue weighted by atomic mass is 10.3. The molecule has 2 aromatic heterocycles. The highest BCUT2D eigenvalue weighted by Gasteiger charge is 2.05. The molecule has 2 aromatic rings. The van der Waals surface area contributed by atoms with Gasteiger partial charge < -0.3 is 14.8 Å². The van der Waals surface area contributed by atoms with Crippen molar-refractivity contribution in [2.45, 2.75) is 20.0 Å². The van der Waals surface area contributed by atoms with Crippen molar-refractivity contribution < 1.29 is 9.52 Å². The monoisotopic (exact) mass is 250 g/mol. The summed E-state index contributed by atoms with van der Waals surface area (Å²) in [4.78, 5) is 11.2. The zero-order chi connectivity index (χ0) is 13.0. The van der Waals surface area contributed by atoms with Crippen LogP contribution in [0.25, 0.3) is 0 Å². The summed E-state index contributed by atoms with van der Waals surface area (Å²) >= 11 is 0. The van der Waals surface area contributed by atoms with E-state index in [2.05, 4.69) is 15.6 Å². The lowest BCUT2D eigenvalue weighted by Gasteiger charge is -1.99. The second kappa shape index (κ2) is 5.46. The minimum Gasteiger partial charge on any atom is -0.502 e. The smallest absolute Gasteiger partial charge is 0.226 e. The molecular weight excluding hydrogens is 236 g/mol. The van der Waals surface area contributed by atoms with Gasteiger partial charge in [0.05, 0.1) is 11.9 Å². The normalized spacial score (nSPS) is 10.7. The molecule has 0 saturated heterocycles. The highest BCUT2D eigenvalue weighted by molar-refractivity contribution is 5.15. The Morgan fingerprint density at radius 3 is 3.11 bits per heavy atom. The molecule has 0 aliphatic heterocycles. The van der Waals surface area contributed by atoms with Crippen molar-refractivity contribution >= 4 is 0 Å². The van der Waals surface area contributed by atoms with Crippen LogP contribution in [0, 0.1) is 0 Å². The molecule has 0 bridgehead atoms. The first-order chi connectivity index (χ1) is 8.69. The van der Waals surface area contributed by atoms with Gasteiger partial charge in [0.15, 0.2) is 5.75 Å². The molecule has 18 heavy (non-hydrogen) atoms. The lowest BCUT2D eigenvalue weighted by molar-refractivity contribution is 0.403. The summed E-state index contributed by atoms with van der Waals surface area (Å²) in [6, 6.07) is 1.24. The van der Waals surface area contributed by atoms with Crippen LogP contribution >= 0.6 is 0 Å². The third kappa shape index (κ3) is 2.95. The van der Waals surface area contributed by atoms with Crippen molar-refractivity contribution in [2.24, 2.45) is 0 Å². The maximum Gasteiger partial charge on any atom is 0.226 e. The van der Waals surface area contributed by atoms with E-state index in [9.17, 15) is 4.79 Å². The summed E-state index contributed by atoms with van der Waals surface area (Å²) in [7, 11) is 0. The van der Waals surface area contributed by atoms with E-state index in [1.807, 2.05) is 6.92 Å². The minimum atomic E-state index is -0.468.